The van der Waals surface area contributed by atoms with Crippen LogP contribution in [0.3, 0.4) is 0 Å². The molecule has 1 aromatic rings. The van der Waals surface area contributed by atoms with E-state index in [1.807, 2.05) is 0 Å². The second-order valence-electron chi connectivity index (χ2n) is 2.92. The number of benzene rings is 1. The first-order valence-corrected chi connectivity index (χ1v) is 6.01. The van der Waals surface area contributed by atoms with Gasteiger partial charge >= 0.3 is 0 Å². The smallest absolute Gasteiger partial charge is 0.171 e. The SMILES string of the molecule is CCS(=O)(=O)/C=C/c1ccc(N)cc1. The molecule has 1 aromatic carbocycles. The molecule has 0 aliphatic heterocycles. The number of hydrogen-bond donors (Lipinski definition) is 1. The van der Waals surface area contributed by atoms with Gasteiger partial charge in [0.2, 0.25) is 0 Å². The number of sulfone groups is 1. The van der Waals surface area contributed by atoms with E-state index >= 15 is 0 Å². The number of rotatable bonds is 3. The summed E-state index contributed by atoms with van der Waals surface area (Å²) in [6.07, 6.45) is 1.57. The summed E-state index contributed by atoms with van der Waals surface area (Å²) in [5, 5.41) is 1.22. The molecule has 0 atom stereocenters. The molecular formula is C10H13NO2S. The van der Waals surface area contributed by atoms with Gasteiger partial charge in [0.25, 0.3) is 0 Å². The van der Waals surface area contributed by atoms with Gasteiger partial charge in [-0.1, -0.05) is 19.1 Å². The molecule has 0 saturated carbocycles. The van der Waals surface area contributed by atoms with Gasteiger partial charge in [-0.3, -0.25) is 0 Å². The van der Waals surface area contributed by atoms with Gasteiger partial charge in [-0.05, 0) is 23.8 Å². The zero-order valence-electron chi connectivity index (χ0n) is 7.97. The van der Waals surface area contributed by atoms with Crippen LogP contribution in [0.25, 0.3) is 6.08 Å². The standard InChI is InChI=1S/C10H13NO2S/c1-2-14(12,13)8-7-9-3-5-10(11)6-4-9/h3-8H,2,11H2,1H3/b8-7+. The van der Waals surface area contributed by atoms with Crippen LogP contribution in [0.15, 0.2) is 29.7 Å². The first-order chi connectivity index (χ1) is 6.53. The van der Waals surface area contributed by atoms with E-state index in [0.717, 1.165) is 5.56 Å². The van der Waals surface area contributed by atoms with Crippen LogP contribution in [0.4, 0.5) is 5.69 Å². The molecule has 0 heterocycles. The highest BCUT2D eigenvalue weighted by Crippen LogP contribution is 2.08. The molecule has 4 heteroatoms. The highest BCUT2D eigenvalue weighted by Gasteiger charge is 1.99. The number of anilines is 1. The third kappa shape index (κ3) is 3.22. The van der Waals surface area contributed by atoms with E-state index in [2.05, 4.69) is 0 Å². The zero-order chi connectivity index (χ0) is 10.6. The quantitative estimate of drug-likeness (QED) is 0.774. The molecule has 2 N–H and O–H groups in total. The second-order valence-corrected chi connectivity index (χ2v) is 5.10. The highest BCUT2D eigenvalue weighted by atomic mass is 32.2. The van der Waals surface area contributed by atoms with Crippen LogP contribution in [0.5, 0.6) is 0 Å². The Morgan fingerprint density at radius 2 is 1.86 bits per heavy atom. The van der Waals surface area contributed by atoms with Crippen LogP contribution in [0, 0.1) is 0 Å². The van der Waals surface area contributed by atoms with Crippen molar-refractivity contribution in [2.75, 3.05) is 11.5 Å². The lowest BCUT2D eigenvalue weighted by molar-refractivity contribution is 0.606. The van der Waals surface area contributed by atoms with E-state index in [0.29, 0.717) is 5.69 Å². The Hall–Kier alpha value is -1.29. The maximum Gasteiger partial charge on any atom is 0.171 e. The first-order valence-electron chi connectivity index (χ1n) is 4.30. The molecule has 0 saturated heterocycles. The monoisotopic (exact) mass is 211 g/mol. The normalized spacial score (nSPS) is 12.1. The topological polar surface area (TPSA) is 60.2 Å². The average molecular weight is 211 g/mol. The van der Waals surface area contributed by atoms with E-state index in [1.54, 1.807) is 37.3 Å². The lowest BCUT2D eigenvalue weighted by Gasteiger charge is -1.95. The fourth-order valence-corrected chi connectivity index (χ4v) is 1.44. The largest absolute Gasteiger partial charge is 0.399 e. The summed E-state index contributed by atoms with van der Waals surface area (Å²) in [5.74, 6) is 0.123. The summed E-state index contributed by atoms with van der Waals surface area (Å²) in [6.45, 7) is 1.61. The van der Waals surface area contributed by atoms with Crippen molar-refractivity contribution in [1.29, 1.82) is 0 Å². The lowest BCUT2D eigenvalue weighted by atomic mass is 10.2. The van der Waals surface area contributed by atoms with Gasteiger partial charge in [0.1, 0.15) is 0 Å². The van der Waals surface area contributed by atoms with Crippen molar-refractivity contribution >= 4 is 21.6 Å². The third-order valence-corrected chi connectivity index (χ3v) is 3.16. The Morgan fingerprint density at radius 3 is 2.36 bits per heavy atom. The summed E-state index contributed by atoms with van der Waals surface area (Å²) < 4.78 is 22.3. The van der Waals surface area contributed by atoms with Crippen LogP contribution in [0.1, 0.15) is 12.5 Å². The molecular weight excluding hydrogens is 198 g/mol. The summed E-state index contributed by atoms with van der Waals surface area (Å²) in [5.41, 5.74) is 6.99. The first kappa shape index (κ1) is 10.8. The Kier molecular flexibility index (Phi) is 3.30. The Balaban J connectivity index is 2.84. The predicted molar refractivity (Wildman–Crippen MR) is 59.3 cm³/mol. The summed E-state index contributed by atoms with van der Waals surface area (Å²) in [7, 11) is -3.04. The molecule has 3 nitrogen and oxygen atoms in total. The van der Waals surface area contributed by atoms with Gasteiger partial charge in [-0.15, -0.1) is 0 Å². The predicted octanol–water partition coefficient (Wildman–Crippen LogP) is 1.67. The minimum absolute atomic E-state index is 0.123. The van der Waals surface area contributed by atoms with Crippen LogP contribution in [0.2, 0.25) is 0 Å². The summed E-state index contributed by atoms with van der Waals surface area (Å²) in [4.78, 5) is 0. The summed E-state index contributed by atoms with van der Waals surface area (Å²) >= 11 is 0. The minimum Gasteiger partial charge on any atom is -0.399 e. The molecule has 1 rings (SSSR count). The molecule has 0 bridgehead atoms. The molecule has 0 aliphatic rings. The molecule has 0 aliphatic carbocycles. The molecule has 0 fully saturated rings. The molecule has 0 unspecified atom stereocenters. The van der Waals surface area contributed by atoms with E-state index < -0.39 is 9.84 Å². The summed E-state index contributed by atoms with van der Waals surface area (Å²) in [6, 6.07) is 7.02. The van der Waals surface area contributed by atoms with Crippen molar-refractivity contribution in [3.63, 3.8) is 0 Å². The third-order valence-electron chi connectivity index (χ3n) is 1.81. The Bertz CT molecular complexity index is 418. The van der Waals surface area contributed by atoms with Crippen molar-refractivity contribution in [2.45, 2.75) is 6.92 Å². The van der Waals surface area contributed by atoms with Gasteiger partial charge in [-0.2, -0.15) is 0 Å². The van der Waals surface area contributed by atoms with E-state index in [4.69, 9.17) is 5.73 Å². The van der Waals surface area contributed by atoms with Gasteiger partial charge in [-0.25, -0.2) is 8.42 Å². The molecule has 0 radical (unpaired) electrons. The minimum atomic E-state index is -3.04. The van der Waals surface area contributed by atoms with Crippen molar-refractivity contribution in [1.82, 2.24) is 0 Å². The maximum atomic E-state index is 11.1. The fourth-order valence-electron chi connectivity index (χ4n) is 0.886. The van der Waals surface area contributed by atoms with Crippen molar-refractivity contribution in [2.24, 2.45) is 0 Å². The second kappa shape index (κ2) is 4.28. The van der Waals surface area contributed by atoms with Crippen LogP contribution >= 0.6 is 0 Å². The van der Waals surface area contributed by atoms with Crippen LogP contribution in [-0.4, -0.2) is 14.2 Å². The molecule has 76 valence electrons. The van der Waals surface area contributed by atoms with Crippen LogP contribution in [-0.2, 0) is 9.84 Å². The molecule has 0 amide bonds. The van der Waals surface area contributed by atoms with E-state index in [1.165, 1.54) is 5.41 Å². The number of nitrogen functional groups attached to an aromatic ring is 1. The average Bonchev–Trinajstić information content (AvgIpc) is 2.17. The highest BCUT2D eigenvalue weighted by molar-refractivity contribution is 7.94. The van der Waals surface area contributed by atoms with E-state index in [-0.39, 0.29) is 5.75 Å². The fraction of sp³-hybridized carbons (Fsp3) is 0.200. The number of hydrogen-bond acceptors (Lipinski definition) is 3. The lowest BCUT2D eigenvalue weighted by Crippen LogP contribution is -1.96. The van der Waals surface area contributed by atoms with Gasteiger partial charge in [0.05, 0.1) is 5.75 Å². The van der Waals surface area contributed by atoms with Gasteiger partial charge in [0.15, 0.2) is 9.84 Å². The van der Waals surface area contributed by atoms with Crippen molar-refractivity contribution in [3.05, 3.63) is 35.2 Å². The molecule has 0 spiro atoms. The van der Waals surface area contributed by atoms with Crippen LogP contribution < -0.4 is 5.73 Å². The number of nitrogens with two attached hydrogens (primary N) is 1. The van der Waals surface area contributed by atoms with Gasteiger partial charge < -0.3 is 5.73 Å². The zero-order valence-corrected chi connectivity index (χ0v) is 8.79. The Morgan fingerprint density at radius 1 is 1.29 bits per heavy atom. The van der Waals surface area contributed by atoms with Crippen molar-refractivity contribution in [3.8, 4) is 0 Å². The maximum absolute atomic E-state index is 11.1. The molecule has 0 aromatic heterocycles. The van der Waals surface area contributed by atoms with E-state index in [9.17, 15) is 8.42 Å². The van der Waals surface area contributed by atoms with Crippen molar-refractivity contribution < 1.29 is 8.42 Å². The van der Waals surface area contributed by atoms with Gasteiger partial charge in [0, 0.05) is 11.1 Å². The molecule has 14 heavy (non-hydrogen) atoms. The Labute approximate surface area is 84.2 Å².